The number of ether oxygens (including phenoxy) is 1. The molecular formula is C23H23N7O2. The molecule has 0 amide bonds. The zero-order chi connectivity index (χ0) is 22.7. The first-order valence-corrected chi connectivity index (χ1v) is 9.95. The van der Waals surface area contributed by atoms with Gasteiger partial charge in [0.25, 0.3) is 0 Å². The van der Waals surface area contributed by atoms with E-state index in [0.29, 0.717) is 17.8 Å². The van der Waals surface area contributed by atoms with Crippen LogP contribution >= 0.6 is 0 Å². The number of fused-ring (bicyclic) bond motifs is 1. The molecule has 2 aromatic carbocycles. The minimum absolute atomic E-state index is 0.153. The number of nitrogens with two attached hydrogens (primary N) is 3. The highest BCUT2D eigenvalue weighted by Gasteiger charge is 2.20. The number of azo groups is 1. The summed E-state index contributed by atoms with van der Waals surface area (Å²) in [6.07, 6.45) is 2.32. The number of hydrogen-bond donors (Lipinski definition) is 3. The van der Waals surface area contributed by atoms with Crippen molar-refractivity contribution in [2.45, 2.75) is 12.5 Å². The van der Waals surface area contributed by atoms with Crippen LogP contribution in [0.3, 0.4) is 0 Å². The fraction of sp³-hybridized carbons (Fsp3) is 0.130. The normalized spacial score (nSPS) is 12.3. The molecule has 4 rings (SSSR count). The summed E-state index contributed by atoms with van der Waals surface area (Å²) in [4.78, 5) is 16.6. The fourth-order valence-corrected chi connectivity index (χ4v) is 3.39. The first-order valence-electron chi connectivity index (χ1n) is 9.95. The SMILES string of the molecule is Cn1cc(C[C@H](N)C(=O)Oc2ccccc2/N=N/c2ccc(N)nc2N)c2ccccc21. The third-order valence-electron chi connectivity index (χ3n) is 4.99. The van der Waals surface area contributed by atoms with Crippen LogP contribution in [0.15, 0.2) is 77.1 Å². The van der Waals surface area contributed by atoms with Crippen molar-refractivity contribution in [3.8, 4) is 5.75 Å². The Balaban J connectivity index is 1.50. The number of pyridine rings is 1. The van der Waals surface area contributed by atoms with Gasteiger partial charge in [0.2, 0.25) is 0 Å². The molecule has 162 valence electrons. The lowest BCUT2D eigenvalue weighted by molar-refractivity contribution is -0.135. The van der Waals surface area contributed by atoms with Crippen LogP contribution in [0.2, 0.25) is 0 Å². The van der Waals surface area contributed by atoms with Gasteiger partial charge in [-0.3, -0.25) is 0 Å². The van der Waals surface area contributed by atoms with E-state index in [1.54, 1.807) is 36.4 Å². The molecule has 0 aliphatic carbocycles. The highest BCUT2D eigenvalue weighted by molar-refractivity contribution is 5.86. The summed E-state index contributed by atoms with van der Waals surface area (Å²) in [5, 5.41) is 9.30. The van der Waals surface area contributed by atoms with Gasteiger partial charge in [-0.15, -0.1) is 10.2 Å². The molecule has 6 N–H and O–H groups in total. The smallest absolute Gasteiger partial charge is 0.328 e. The number of aryl methyl sites for hydroxylation is 1. The lowest BCUT2D eigenvalue weighted by Crippen LogP contribution is -2.36. The van der Waals surface area contributed by atoms with Crippen molar-refractivity contribution in [2.24, 2.45) is 23.0 Å². The molecule has 9 nitrogen and oxygen atoms in total. The van der Waals surface area contributed by atoms with Crippen LogP contribution in [0.4, 0.5) is 23.0 Å². The highest BCUT2D eigenvalue weighted by atomic mass is 16.5. The number of rotatable bonds is 6. The molecule has 0 unspecified atom stereocenters. The lowest BCUT2D eigenvalue weighted by Gasteiger charge is -2.12. The van der Waals surface area contributed by atoms with E-state index in [2.05, 4.69) is 15.2 Å². The van der Waals surface area contributed by atoms with Crippen molar-refractivity contribution < 1.29 is 9.53 Å². The fourth-order valence-electron chi connectivity index (χ4n) is 3.39. The minimum atomic E-state index is -0.845. The Bertz CT molecular complexity index is 1310. The largest absolute Gasteiger partial charge is 0.423 e. The van der Waals surface area contributed by atoms with Crippen molar-refractivity contribution in [1.82, 2.24) is 9.55 Å². The van der Waals surface area contributed by atoms with E-state index in [4.69, 9.17) is 21.9 Å². The maximum atomic E-state index is 12.7. The number of benzene rings is 2. The van der Waals surface area contributed by atoms with Crippen LogP contribution in [-0.4, -0.2) is 21.6 Å². The third kappa shape index (κ3) is 4.42. The topological polar surface area (TPSA) is 147 Å². The Hall–Kier alpha value is -4.24. The van der Waals surface area contributed by atoms with E-state index in [-0.39, 0.29) is 17.4 Å². The summed E-state index contributed by atoms with van der Waals surface area (Å²) in [6.45, 7) is 0. The van der Waals surface area contributed by atoms with Gasteiger partial charge < -0.3 is 26.5 Å². The van der Waals surface area contributed by atoms with E-state index >= 15 is 0 Å². The number of hydrogen-bond acceptors (Lipinski definition) is 8. The summed E-state index contributed by atoms with van der Waals surface area (Å²) >= 11 is 0. The first-order chi connectivity index (χ1) is 15.4. The molecular weight excluding hydrogens is 406 g/mol. The number of carbonyl (C=O) groups excluding carboxylic acids is 1. The summed E-state index contributed by atoms with van der Waals surface area (Å²) in [5.74, 6) is 0.127. The van der Waals surface area contributed by atoms with E-state index in [0.717, 1.165) is 16.5 Å². The number of nitrogen functional groups attached to an aromatic ring is 2. The maximum Gasteiger partial charge on any atom is 0.328 e. The second-order valence-electron chi connectivity index (χ2n) is 7.32. The number of para-hydroxylation sites is 2. The molecule has 0 aliphatic rings. The second-order valence-corrected chi connectivity index (χ2v) is 7.32. The van der Waals surface area contributed by atoms with Crippen molar-refractivity contribution >= 4 is 39.9 Å². The van der Waals surface area contributed by atoms with Crippen LogP contribution in [0.5, 0.6) is 5.75 Å². The van der Waals surface area contributed by atoms with E-state index in [1.807, 2.05) is 42.1 Å². The molecule has 32 heavy (non-hydrogen) atoms. The second kappa shape index (κ2) is 8.86. The monoisotopic (exact) mass is 429 g/mol. The molecule has 0 spiro atoms. The van der Waals surface area contributed by atoms with E-state index in [1.165, 1.54) is 0 Å². The van der Waals surface area contributed by atoms with Crippen molar-refractivity contribution in [3.63, 3.8) is 0 Å². The van der Waals surface area contributed by atoms with Gasteiger partial charge in [-0.25, -0.2) is 9.78 Å². The van der Waals surface area contributed by atoms with Gasteiger partial charge in [0, 0.05) is 30.6 Å². The molecule has 0 bridgehead atoms. The number of anilines is 2. The van der Waals surface area contributed by atoms with Crippen LogP contribution < -0.4 is 21.9 Å². The van der Waals surface area contributed by atoms with Gasteiger partial charge >= 0.3 is 5.97 Å². The highest BCUT2D eigenvalue weighted by Crippen LogP contribution is 2.31. The Labute approximate surface area is 184 Å². The van der Waals surface area contributed by atoms with Crippen LogP contribution in [0, 0.1) is 0 Å². The van der Waals surface area contributed by atoms with Gasteiger partial charge in [0.05, 0.1) is 0 Å². The minimum Gasteiger partial charge on any atom is -0.423 e. The van der Waals surface area contributed by atoms with E-state index in [9.17, 15) is 4.79 Å². The van der Waals surface area contributed by atoms with Gasteiger partial charge in [0.15, 0.2) is 11.6 Å². The van der Waals surface area contributed by atoms with Crippen LogP contribution in [-0.2, 0) is 18.3 Å². The summed E-state index contributed by atoms with van der Waals surface area (Å²) in [6, 6.07) is 17.1. The van der Waals surface area contributed by atoms with Crippen molar-refractivity contribution in [3.05, 3.63) is 72.4 Å². The first kappa shape index (κ1) is 21.0. The molecule has 2 aromatic heterocycles. The zero-order valence-corrected chi connectivity index (χ0v) is 17.5. The van der Waals surface area contributed by atoms with E-state index < -0.39 is 12.0 Å². The average molecular weight is 429 g/mol. The number of nitrogens with zero attached hydrogens (tertiary/aromatic N) is 4. The molecule has 1 atom stereocenters. The van der Waals surface area contributed by atoms with Crippen molar-refractivity contribution in [1.29, 1.82) is 0 Å². The molecule has 0 radical (unpaired) electrons. The summed E-state index contributed by atoms with van der Waals surface area (Å²) in [7, 11) is 1.96. The molecule has 2 heterocycles. The molecule has 0 aliphatic heterocycles. The molecule has 0 saturated heterocycles. The quantitative estimate of drug-likeness (QED) is 0.242. The molecule has 0 fully saturated rings. The Morgan fingerprint density at radius 3 is 2.56 bits per heavy atom. The van der Waals surface area contributed by atoms with Gasteiger partial charge in [-0.05, 0) is 35.9 Å². The molecule has 4 aromatic rings. The molecule has 9 heteroatoms. The summed E-state index contributed by atoms with van der Waals surface area (Å²) < 4.78 is 7.55. The van der Waals surface area contributed by atoms with Gasteiger partial charge in [0.1, 0.15) is 23.2 Å². The summed E-state index contributed by atoms with van der Waals surface area (Å²) in [5.41, 5.74) is 20.3. The average Bonchev–Trinajstić information content (AvgIpc) is 3.09. The van der Waals surface area contributed by atoms with Crippen LogP contribution in [0.25, 0.3) is 10.9 Å². The number of esters is 1. The number of aromatic nitrogens is 2. The third-order valence-corrected chi connectivity index (χ3v) is 4.99. The molecule has 0 saturated carbocycles. The Kier molecular flexibility index (Phi) is 5.82. The Morgan fingerprint density at radius 2 is 1.75 bits per heavy atom. The lowest BCUT2D eigenvalue weighted by atomic mass is 10.1. The number of carbonyl (C=O) groups is 1. The Morgan fingerprint density at radius 1 is 1.03 bits per heavy atom. The predicted molar refractivity (Wildman–Crippen MR) is 124 cm³/mol. The van der Waals surface area contributed by atoms with Gasteiger partial charge in [-0.2, -0.15) is 0 Å². The zero-order valence-electron chi connectivity index (χ0n) is 17.5. The predicted octanol–water partition coefficient (Wildman–Crippen LogP) is 3.63. The van der Waals surface area contributed by atoms with Crippen LogP contribution in [0.1, 0.15) is 5.56 Å². The van der Waals surface area contributed by atoms with Crippen molar-refractivity contribution in [2.75, 3.05) is 11.5 Å². The maximum absolute atomic E-state index is 12.7. The van der Waals surface area contributed by atoms with Gasteiger partial charge in [-0.1, -0.05) is 30.3 Å². The standard InChI is InChI=1S/C23H23N7O2/c1-30-13-14(15-6-2-4-8-19(15)30)12-16(24)23(31)32-20-9-5-3-7-17(20)28-29-18-10-11-21(25)27-22(18)26/h2-11,13,16H,12,24H2,1H3,(H4,25,26,27)/b29-28+/t16-/m0/s1.